The van der Waals surface area contributed by atoms with E-state index < -0.39 is 21.4 Å². The number of halogens is 3. The topological polar surface area (TPSA) is 66.5 Å². The summed E-state index contributed by atoms with van der Waals surface area (Å²) >= 11 is -0.306. The Morgan fingerprint density at radius 1 is 1.16 bits per heavy atom. The molecule has 1 amide bonds. The highest BCUT2D eigenvalue weighted by molar-refractivity contribution is 8.00. The fourth-order valence-electron chi connectivity index (χ4n) is 3.47. The molecule has 3 rings (SSSR count). The maximum Gasteiger partial charge on any atom is 0.446 e. The highest BCUT2D eigenvalue weighted by Gasteiger charge is 2.33. The average Bonchev–Trinajstić information content (AvgIpc) is 2.72. The van der Waals surface area contributed by atoms with Gasteiger partial charge in [0.1, 0.15) is 0 Å². The van der Waals surface area contributed by atoms with Crippen LogP contribution in [0, 0.1) is 12.8 Å². The summed E-state index contributed by atoms with van der Waals surface area (Å²) in [5, 5.41) is 0. The molecule has 1 atom stereocenters. The van der Waals surface area contributed by atoms with Gasteiger partial charge in [0.25, 0.3) is 5.91 Å². The minimum atomic E-state index is -4.49. The minimum absolute atomic E-state index is 0.00529. The second kappa shape index (κ2) is 9.62. The van der Waals surface area contributed by atoms with Crippen molar-refractivity contribution in [2.75, 3.05) is 19.6 Å². The second-order valence-electron chi connectivity index (χ2n) is 7.47. The van der Waals surface area contributed by atoms with Crippen LogP contribution in [-0.2, 0) is 10.0 Å². The van der Waals surface area contributed by atoms with Crippen molar-refractivity contribution in [3.05, 3.63) is 59.7 Å². The summed E-state index contributed by atoms with van der Waals surface area (Å²) in [5.74, 6) is -0.598. The Balaban J connectivity index is 1.66. The van der Waals surface area contributed by atoms with E-state index in [2.05, 4.69) is 4.72 Å². The first-order valence-corrected chi connectivity index (χ1v) is 12.1. The van der Waals surface area contributed by atoms with E-state index in [4.69, 9.17) is 0 Å². The van der Waals surface area contributed by atoms with E-state index in [0.29, 0.717) is 13.0 Å². The van der Waals surface area contributed by atoms with Gasteiger partial charge >= 0.3 is 5.51 Å². The van der Waals surface area contributed by atoms with Gasteiger partial charge in [-0.25, -0.2) is 13.1 Å². The average molecular weight is 473 g/mol. The summed E-state index contributed by atoms with van der Waals surface area (Å²) < 4.78 is 66.1. The van der Waals surface area contributed by atoms with E-state index in [1.807, 2.05) is 6.92 Å². The third kappa shape index (κ3) is 6.47. The van der Waals surface area contributed by atoms with Crippen LogP contribution in [0.15, 0.2) is 58.3 Å². The van der Waals surface area contributed by atoms with E-state index >= 15 is 0 Å². The monoisotopic (exact) mass is 472 g/mol. The molecular formula is C21H23F3N2O3S2. The molecule has 0 radical (unpaired) electrons. The van der Waals surface area contributed by atoms with Gasteiger partial charge in [-0.15, -0.1) is 0 Å². The Hall–Kier alpha value is -2.04. The minimum Gasteiger partial charge on any atom is -0.338 e. The molecule has 2 aromatic carbocycles. The summed E-state index contributed by atoms with van der Waals surface area (Å²) in [7, 11) is -3.68. The third-order valence-electron chi connectivity index (χ3n) is 5.04. The fourth-order valence-corrected chi connectivity index (χ4v) is 5.25. The largest absolute Gasteiger partial charge is 0.446 e. The molecule has 1 aliphatic rings. The first-order chi connectivity index (χ1) is 14.5. The van der Waals surface area contributed by atoms with Crippen LogP contribution in [0.5, 0.6) is 0 Å². The number of amides is 1. The predicted molar refractivity (Wildman–Crippen MR) is 113 cm³/mol. The SMILES string of the molecule is Cc1ccc(S(=O)(=O)NCC2CCCN(C(=O)c3ccccc3SC(F)(F)F)C2)cc1. The van der Waals surface area contributed by atoms with Crippen LogP contribution in [-0.4, -0.2) is 44.4 Å². The van der Waals surface area contributed by atoms with Crippen LogP contribution in [0.25, 0.3) is 0 Å². The van der Waals surface area contributed by atoms with Crippen LogP contribution in [0.1, 0.15) is 28.8 Å². The van der Waals surface area contributed by atoms with Gasteiger partial charge < -0.3 is 4.90 Å². The lowest BCUT2D eigenvalue weighted by molar-refractivity contribution is -0.0328. The van der Waals surface area contributed by atoms with E-state index in [0.717, 1.165) is 12.0 Å². The standard InChI is InChI=1S/C21H23F3N2O3S2/c1-15-8-10-17(11-9-15)31(28,29)25-13-16-5-4-12-26(14-16)20(27)18-6-2-3-7-19(18)30-21(22,23)24/h2-3,6-11,16,25H,4-5,12-14H2,1H3. The number of carbonyl (C=O) groups is 1. The molecule has 168 valence electrons. The number of hydrogen-bond acceptors (Lipinski definition) is 4. The number of likely N-dealkylation sites (tertiary alicyclic amines) is 1. The molecular weight excluding hydrogens is 449 g/mol. The van der Waals surface area contributed by atoms with E-state index in [1.54, 1.807) is 12.1 Å². The molecule has 1 aliphatic heterocycles. The summed E-state index contributed by atoms with van der Waals surface area (Å²) in [5.41, 5.74) is -3.54. The quantitative estimate of drug-likeness (QED) is 0.632. The lowest BCUT2D eigenvalue weighted by Crippen LogP contribution is -2.43. The number of nitrogens with zero attached hydrogens (tertiary/aromatic N) is 1. The number of hydrogen-bond donors (Lipinski definition) is 1. The molecule has 0 bridgehead atoms. The van der Waals surface area contributed by atoms with Gasteiger partial charge in [0.15, 0.2) is 0 Å². The van der Waals surface area contributed by atoms with Crippen molar-refractivity contribution in [2.45, 2.75) is 35.1 Å². The van der Waals surface area contributed by atoms with Gasteiger partial charge in [-0.05, 0) is 61.7 Å². The Labute approximate surface area is 184 Å². The Bertz CT molecular complexity index is 1020. The van der Waals surface area contributed by atoms with Crippen molar-refractivity contribution in [1.29, 1.82) is 0 Å². The highest BCUT2D eigenvalue weighted by Crippen LogP contribution is 2.39. The van der Waals surface area contributed by atoms with Crippen LogP contribution in [0.3, 0.4) is 0 Å². The normalized spacial score (nSPS) is 17.5. The molecule has 1 fully saturated rings. The number of piperidine rings is 1. The van der Waals surface area contributed by atoms with Gasteiger partial charge in [0.2, 0.25) is 10.0 Å². The Morgan fingerprint density at radius 3 is 2.52 bits per heavy atom. The van der Waals surface area contributed by atoms with E-state index in [-0.39, 0.29) is 46.1 Å². The molecule has 0 aromatic heterocycles. The lowest BCUT2D eigenvalue weighted by atomic mass is 9.97. The molecule has 1 N–H and O–H groups in total. The molecule has 0 spiro atoms. The number of benzene rings is 2. The van der Waals surface area contributed by atoms with Crippen molar-refractivity contribution < 1.29 is 26.4 Å². The van der Waals surface area contributed by atoms with E-state index in [1.165, 1.54) is 41.3 Å². The van der Waals surface area contributed by atoms with Crippen LogP contribution < -0.4 is 4.72 Å². The number of carbonyl (C=O) groups excluding carboxylic acids is 1. The van der Waals surface area contributed by atoms with Crippen molar-refractivity contribution in [3.63, 3.8) is 0 Å². The molecule has 1 heterocycles. The first-order valence-electron chi connectivity index (χ1n) is 9.75. The van der Waals surface area contributed by atoms with Crippen LogP contribution in [0.2, 0.25) is 0 Å². The molecule has 31 heavy (non-hydrogen) atoms. The maximum atomic E-state index is 12.9. The number of sulfonamides is 1. The van der Waals surface area contributed by atoms with Crippen molar-refractivity contribution >= 4 is 27.7 Å². The maximum absolute atomic E-state index is 12.9. The molecule has 1 saturated heterocycles. The van der Waals surface area contributed by atoms with Gasteiger partial charge in [-0.3, -0.25) is 4.79 Å². The van der Waals surface area contributed by atoms with Crippen molar-refractivity contribution in [1.82, 2.24) is 9.62 Å². The Kier molecular flexibility index (Phi) is 7.33. The Morgan fingerprint density at radius 2 is 1.84 bits per heavy atom. The number of nitrogens with one attached hydrogen (secondary N) is 1. The summed E-state index contributed by atoms with van der Waals surface area (Å²) in [6.07, 6.45) is 1.37. The van der Waals surface area contributed by atoms with Gasteiger partial charge in [-0.1, -0.05) is 29.8 Å². The van der Waals surface area contributed by atoms with E-state index in [9.17, 15) is 26.4 Å². The second-order valence-corrected chi connectivity index (χ2v) is 10.3. The first kappa shape index (κ1) is 23.6. The summed E-state index contributed by atoms with van der Waals surface area (Å²) in [6.45, 7) is 2.72. The fraction of sp³-hybridized carbons (Fsp3) is 0.381. The van der Waals surface area contributed by atoms with Crippen LogP contribution in [0.4, 0.5) is 13.2 Å². The molecule has 5 nitrogen and oxygen atoms in total. The van der Waals surface area contributed by atoms with Crippen molar-refractivity contribution in [2.24, 2.45) is 5.92 Å². The highest BCUT2D eigenvalue weighted by atomic mass is 32.2. The molecule has 10 heteroatoms. The van der Waals surface area contributed by atoms with Gasteiger partial charge in [0, 0.05) is 24.5 Å². The summed E-state index contributed by atoms with van der Waals surface area (Å²) in [4.78, 5) is 14.4. The predicted octanol–water partition coefficient (Wildman–Crippen LogP) is 4.44. The number of alkyl halides is 3. The zero-order valence-electron chi connectivity index (χ0n) is 16.9. The molecule has 1 unspecified atom stereocenters. The lowest BCUT2D eigenvalue weighted by Gasteiger charge is -2.33. The van der Waals surface area contributed by atoms with Crippen LogP contribution >= 0.6 is 11.8 Å². The molecule has 0 saturated carbocycles. The molecule has 0 aliphatic carbocycles. The number of aryl methyl sites for hydroxylation is 1. The zero-order valence-corrected chi connectivity index (χ0v) is 18.5. The smallest absolute Gasteiger partial charge is 0.338 e. The van der Waals surface area contributed by atoms with Crippen molar-refractivity contribution in [3.8, 4) is 0 Å². The third-order valence-corrected chi connectivity index (χ3v) is 7.29. The summed E-state index contributed by atoms with van der Waals surface area (Å²) in [6, 6.07) is 12.2. The van der Waals surface area contributed by atoms with Gasteiger partial charge in [0.05, 0.1) is 10.5 Å². The number of thioether (sulfide) groups is 1. The zero-order chi connectivity index (χ0) is 22.6. The van der Waals surface area contributed by atoms with Gasteiger partial charge in [-0.2, -0.15) is 13.2 Å². The molecule has 2 aromatic rings. The number of rotatable bonds is 6.